The van der Waals surface area contributed by atoms with Crippen molar-refractivity contribution in [3.05, 3.63) is 0 Å². The smallest absolute Gasteiger partial charge is 0.381 e. The minimum atomic E-state index is -4.21. The lowest BCUT2D eigenvalue weighted by Crippen LogP contribution is -2.46. The molecule has 0 spiro atoms. The first-order valence-corrected chi connectivity index (χ1v) is 3.42. The third-order valence-electron chi connectivity index (χ3n) is 1.83. The summed E-state index contributed by atoms with van der Waals surface area (Å²) >= 11 is 0. The Morgan fingerprint density at radius 1 is 1.36 bits per heavy atom. The van der Waals surface area contributed by atoms with Gasteiger partial charge in [-0.3, -0.25) is 0 Å². The Balaban J connectivity index is 2.55. The zero-order valence-electron chi connectivity index (χ0n) is 5.90. The number of halogens is 3. The highest BCUT2D eigenvalue weighted by atomic mass is 19.4. The highest BCUT2D eigenvalue weighted by Crippen LogP contribution is 2.31. The van der Waals surface area contributed by atoms with E-state index in [0.29, 0.717) is 13.0 Å². The Morgan fingerprint density at radius 3 is 2.36 bits per heavy atom. The molecular weight excluding hydrogens is 159 g/mol. The van der Waals surface area contributed by atoms with Gasteiger partial charge in [-0.2, -0.15) is 13.2 Å². The minimum Gasteiger partial charge on any atom is -0.381 e. The summed E-state index contributed by atoms with van der Waals surface area (Å²) in [6.07, 6.45) is -3.91. The van der Waals surface area contributed by atoms with E-state index in [4.69, 9.17) is 5.73 Å². The number of rotatable bonds is 0. The van der Waals surface area contributed by atoms with E-state index in [9.17, 15) is 13.2 Å². The summed E-state index contributed by atoms with van der Waals surface area (Å²) in [5.41, 5.74) is 5.27. The molecule has 0 unspecified atom stereocenters. The highest BCUT2D eigenvalue weighted by Gasteiger charge is 2.44. The van der Waals surface area contributed by atoms with Crippen LogP contribution >= 0.6 is 0 Å². The second kappa shape index (κ2) is 2.98. The van der Waals surface area contributed by atoms with Gasteiger partial charge >= 0.3 is 6.18 Å². The first-order valence-electron chi connectivity index (χ1n) is 3.42. The van der Waals surface area contributed by atoms with Gasteiger partial charge in [-0.1, -0.05) is 0 Å². The normalized spacial score (nSPS) is 33.8. The van der Waals surface area contributed by atoms with Gasteiger partial charge < -0.3 is 10.5 Å². The van der Waals surface area contributed by atoms with Crippen molar-refractivity contribution in [2.24, 2.45) is 11.7 Å². The van der Waals surface area contributed by atoms with Crippen LogP contribution in [0.4, 0.5) is 13.2 Å². The second-order valence-electron chi connectivity index (χ2n) is 2.68. The Morgan fingerprint density at radius 2 is 2.00 bits per heavy atom. The average molecular weight is 169 g/mol. The fraction of sp³-hybridized carbons (Fsp3) is 1.00. The van der Waals surface area contributed by atoms with Crippen LogP contribution in [-0.4, -0.2) is 25.4 Å². The van der Waals surface area contributed by atoms with E-state index in [1.807, 2.05) is 0 Å². The van der Waals surface area contributed by atoms with Crippen LogP contribution in [0.5, 0.6) is 0 Å². The molecule has 0 bridgehead atoms. The molecule has 0 aromatic heterocycles. The molecule has 1 fully saturated rings. The molecule has 2 atom stereocenters. The van der Waals surface area contributed by atoms with E-state index in [0.717, 1.165) is 0 Å². The van der Waals surface area contributed by atoms with Gasteiger partial charge in [-0.25, -0.2) is 0 Å². The first kappa shape index (κ1) is 8.80. The summed E-state index contributed by atoms with van der Waals surface area (Å²) in [5, 5.41) is 0. The Hall–Kier alpha value is -0.290. The monoisotopic (exact) mass is 169 g/mol. The molecule has 66 valence electrons. The topological polar surface area (TPSA) is 35.2 Å². The Kier molecular flexibility index (Phi) is 2.39. The summed E-state index contributed by atoms with van der Waals surface area (Å²) in [6, 6.07) is -0.788. The van der Waals surface area contributed by atoms with Gasteiger partial charge in [0.15, 0.2) is 0 Å². The molecule has 5 heteroatoms. The van der Waals surface area contributed by atoms with Gasteiger partial charge in [0.25, 0.3) is 0 Å². The molecular formula is C6H10F3NO. The van der Waals surface area contributed by atoms with Crippen molar-refractivity contribution in [2.45, 2.75) is 18.6 Å². The van der Waals surface area contributed by atoms with Crippen molar-refractivity contribution >= 4 is 0 Å². The van der Waals surface area contributed by atoms with Crippen molar-refractivity contribution in [3.8, 4) is 0 Å². The Bertz CT molecular complexity index is 136. The molecule has 11 heavy (non-hydrogen) atoms. The quantitative estimate of drug-likeness (QED) is 0.585. The molecule has 0 amide bonds. The van der Waals surface area contributed by atoms with Gasteiger partial charge in [0.05, 0.1) is 12.5 Å². The zero-order chi connectivity index (χ0) is 8.48. The SMILES string of the molecule is N[C@@H]1CCOC[C@@H]1C(F)(F)F. The zero-order valence-corrected chi connectivity index (χ0v) is 5.90. The van der Waals surface area contributed by atoms with Gasteiger partial charge in [0, 0.05) is 12.6 Å². The fourth-order valence-corrected chi connectivity index (χ4v) is 1.09. The van der Waals surface area contributed by atoms with Gasteiger partial charge in [-0.15, -0.1) is 0 Å². The molecule has 0 radical (unpaired) electrons. The van der Waals surface area contributed by atoms with Gasteiger partial charge in [0.1, 0.15) is 0 Å². The summed E-state index contributed by atoms with van der Waals surface area (Å²) in [4.78, 5) is 0. The lowest BCUT2D eigenvalue weighted by Gasteiger charge is -2.29. The molecule has 1 saturated heterocycles. The number of hydrogen-bond acceptors (Lipinski definition) is 2. The van der Waals surface area contributed by atoms with Crippen molar-refractivity contribution in [1.29, 1.82) is 0 Å². The predicted octanol–water partition coefficient (Wildman–Crippen LogP) is 0.912. The molecule has 0 aliphatic carbocycles. The van der Waals surface area contributed by atoms with Crippen molar-refractivity contribution < 1.29 is 17.9 Å². The highest BCUT2D eigenvalue weighted by molar-refractivity contribution is 4.81. The number of ether oxygens (including phenoxy) is 1. The van der Waals surface area contributed by atoms with E-state index >= 15 is 0 Å². The molecule has 0 aromatic rings. The molecule has 1 aliphatic rings. The van der Waals surface area contributed by atoms with E-state index in [1.165, 1.54) is 0 Å². The maximum absolute atomic E-state index is 12.0. The average Bonchev–Trinajstić information content (AvgIpc) is 1.86. The van der Waals surface area contributed by atoms with E-state index in [-0.39, 0.29) is 6.61 Å². The van der Waals surface area contributed by atoms with E-state index in [2.05, 4.69) is 4.74 Å². The van der Waals surface area contributed by atoms with Crippen LogP contribution in [0.1, 0.15) is 6.42 Å². The summed E-state index contributed by atoms with van der Waals surface area (Å²) < 4.78 is 40.8. The molecule has 2 nitrogen and oxygen atoms in total. The largest absolute Gasteiger partial charge is 0.395 e. The van der Waals surface area contributed by atoms with Crippen molar-refractivity contribution in [3.63, 3.8) is 0 Å². The van der Waals surface area contributed by atoms with Crippen molar-refractivity contribution in [2.75, 3.05) is 13.2 Å². The fourth-order valence-electron chi connectivity index (χ4n) is 1.09. The molecule has 1 rings (SSSR count). The van der Waals surface area contributed by atoms with Crippen LogP contribution in [0.2, 0.25) is 0 Å². The van der Waals surface area contributed by atoms with Crippen LogP contribution in [0.25, 0.3) is 0 Å². The molecule has 0 saturated carbocycles. The minimum absolute atomic E-state index is 0.287. The van der Waals surface area contributed by atoms with E-state index in [1.54, 1.807) is 0 Å². The van der Waals surface area contributed by atoms with Crippen LogP contribution in [0.3, 0.4) is 0 Å². The van der Waals surface area contributed by atoms with Gasteiger partial charge in [0.2, 0.25) is 0 Å². The van der Waals surface area contributed by atoms with Crippen LogP contribution in [0, 0.1) is 5.92 Å². The molecule has 0 aromatic carbocycles. The number of alkyl halides is 3. The standard InChI is InChI=1S/C6H10F3NO/c7-6(8,9)4-3-11-2-1-5(4)10/h4-5H,1-3,10H2/t4-,5+/m0/s1. The predicted molar refractivity (Wildman–Crippen MR) is 33.0 cm³/mol. The van der Waals surface area contributed by atoms with Crippen LogP contribution < -0.4 is 5.73 Å². The lowest BCUT2D eigenvalue weighted by molar-refractivity contribution is -0.204. The third-order valence-corrected chi connectivity index (χ3v) is 1.83. The van der Waals surface area contributed by atoms with E-state index < -0.39 is 18.1 Å². The summed E-state index contributed by atoms with van der Waals surface area (Å²) in [5.74, 6) is -1.48. The maximum atomic E-state index is 12.0. The first-order chi connectivity index (χ1) is 5.02. The molecule has 1 heterocycles. The summed E-state index contributed by atoms with van der Waals surface area (Å²) in [7, 11) is 0. The Labute approximate surface area is 62.5 Å². The maximum Gasteiger partial charge on any atom is 0.395 e. The molecule has 1 aliphatic heterocycles. The number of nitrogens with two attached hydrogens (primary N) is 1. The lowest BCUT2D eigenvalue weighted by atomic mass is 9.96. The summed E-state index contributed by atoms with van der Waals surface area (Å²) in [6.45, 7) is 0.0540. The molecule has 2 N–H and O–H groups in total. The van der Waals surface area contributed by atoms with Crippen LogP contribution in [0.15, 0.2) is 0 Å². The second-order valence-corrected chi connectivity index (χ2v) is 2.68. The van der Waals surface area contributed by atoms with Gasteiger partial charge in [-0.05, 0) is 6.42 Å². The third kappa shape index (κ3) is 2.07. The number of hydrogen-bond donors (Lipinski definition) is 1. The van der Waals surface area contributed by atoms with Crippen molar-refractivity contribution in [1.82, 2.24) is 0 Å². The van der Waals surface area contributed by atoms with Crippen LogP contribution in [-0.2, 0) is 4.74 Å².